The van der Waals surface area contributed by atoms with E-state index in [1.165, 1.54) is 0 Å². The number of anilines is 1. The predicted molar refractivity (Wildman–Crippen MR) is 128 cm³/mol. The van der Waals surface area contributed by atoms with Crippen molar-refractivity contribution in [3.8, 4) is 22.6 Å². The van der Waals surface area contributed by atoms with E-state index in [1.54, 1.807) is 24.3 Å². The van der Waals surface area contributed by atoms with Crippen molar-refractivity contribution in [3.05, 3.63) is 109 Å². The maximum absolute atomic E-state index is 14.4. The molecule has 0 heterocycles. The highest BCUT2D eigenvalue weighted by Gasteiger charge is 2.34. The van der Waals surface area contributed by atoms with Crippen molar-refractivity contribution in [2.24, 2.45) is 0 Å². The van der Waals surface area contributed by atoms with E-state index >= 15 is 0 Å². The summed E-state index contributed by atoms with van der Waals surface area (Å²) in [6.07, 6.45) is 0. The fourth-order valence-electron chi connectivity index (χ4n) is 3.39. The van der Waals surface area contributed by atoms with Gasteiger partial charge in [0.05, 0.1) is 5.30 Å². The zero-order chi connectivity index (χ0) is 21.7. The lowest BCUT2D eigenvalue weighted by Gasteiger charge is -2.24. The van der Waals surface area contributed by atoms with Crippen LogP contribution in [0, 0.1) is 0 Å². The van der Waals surface area contributed by atoms with Gasteiger partial charge >= 0.3 is 7.60 Å². The average Bonchev–Trinajstić information content (AvgIpc) is 2.80. The maximum atomic E-state index is 14.4. The van der Waals surface area contributed by atoms with E-state index in [4.69, 9.17) is 9.05 Å². The van der Waals surface area contributed by atoms with Crippen LogP contribution in [0.15, 0.2) is 109 Å². The molecule has 4 nitrogen and oxygen atoms in total. The molecule has 156 valence electrons. The molecule has 0 aliphatic rings. The second-order valence-corrected chi connectivity index (χ2v) is 9.08. The van der Waals surface area contributed by atoms with Gasteiger partial charge in [-0.15, -0.1) is 0 Å². The van der Waals surface area contributed by atoms with Crippen molar-refractivity contribution >= 4 is 18.6 Å². The molecule has 4 rings (SSSR count). The molecule has 4 aromatic rings. The molecule has 0 unspecified atom stereocenters. The molecule has 5 heteroatoms. The van der Waals surface area contributed by atoms with Crippen molar-refractivity contribution in [1.82, 2.24) is 0 Å². The molecule has 31 heavy (non-hydrogen) atoms. The van der Waals surface area contributed by atoms with Gasteiger partial charge in [-0.25, -0.2) is 4.57 Å². The van der Waals surface area contributed by atoms with Crippen molar-refractivity contribution in [2.75, 3.05) is 19.0 Å². The second kappa shape index (κ2) is 9.11. The fourth-order valence-corrected chi connectivity index (χ4v) is 5.18. The summed E-state index contributed by atoms with van der Waals surface area (Å²) in [5, 5.41) is 0.511. The van der Waals surface area contributed by atoms with Crippen molar-refractivity contribution in [2.45, 2.75) is 0 Å². The van der Waals surface area contributed by atoms with Crippen LogP contribution in [0.5, 0.6) is 11.5 Å². The SMILES string of the molecule is CN(C)c1ccccc1-c1ccccc1P(=O)(Oc1ccccc1)Oc1ccccc1. The van der Waals surface area contributed by atoms with E-state index < -0.39 is 7.60 Å². The normalized spacial score (nSPS) is 11.0. The number of para-hydroxylation sites is 3. The maximum Gasteiger partial charge on any atom is 0.463 e. The zero-order valence-corrected chi connectivity index (χ0v) is 18.4. The van der Waals surface area contributed by atoms with Gasteiger partial charge in [-0.2, -0.15) is 0 Å². The summed E-state index contributed by atoms with van der Waals surface area (Å²) in [6, 6.07) is 33.8. The summed E-state index contributed by atoms with van der Waals surface area (Å²) in [5.41, 5.74) is 2.78. The summed E-state index contributed by atoms with van der Waals surface area (Å²) in [7, 11) is 0.189. The molecule has 0 spiro atoms. The Kier molecular flexibility index (Phi) is 6.11. The molecule has 0 aromatic heterocycles. The van der Waals surface area contributed by atoms with E-state index in [2.05, 4.69) is 0 Å². The van der Waals surface area contributed by atoms with E-state index in [0.29, 0.717) is 16.8 Å². The Hall–Kier alpha value is -3.49. The van der Waals surface area contributed by atoms with Gasteiger partial charge in [-0.1, -0.05) is 72.8 Å². The van der Waals surface area contributed by atoms with Gasteiger partial charge in [0.2, 0.25) is 0 Å². The first-order valence-corrected chi connectivity index (χ1v) is 11.6. The molecule has 0 amide bonds. The molecule has 0 N–H and O–H groups in total. The first-order chi connectivity index (χ1) is 15.1. The van der Waals surface area contributed by atoms with Gasteiger partial charge in [0, 0.05) is 30.9 Å². The molecule has 0 radical (unpaired) electrons. The lowest BCUT2D eigenvalue weighted by atomic mass is 10.0. The third kappa shape index (κ3) is 4.65. The van der Waals surface area contributed by atoms with E-state index in [-0.39, 0.29) is 0 Å². The number of hydrogen-bond acceptors (Lipinski definition) is 4. The highest BCUT2D eigenvalue weighted by molar-refractivity contribution is 7.63. The Morgan fingerprint density at radius 1 is 0.581 bits per heavy atom. The van der Waals surface area contributed by atoms with Crippen LogP contribution in [0.2, 0.25) is 0 Å². The monoisotopic (exact) mass is 429 g/mol. The Morgan fingerprint density at radius 3 is 1.58 bits per heavy atom. The summed E-state index contributed by atoms with van der Waals surface area (Å²) in [6.45, 7) is 0. The van der Waals surface area contributed by atoms with Crippen LogP contribution in [-0.2, 0) is 4.57 Å². The van der Waals surface area contributed by atoms with Crippen LogP contribution in [0.1, 0.15) is 0 Å². The number of benzene rings is 4. The lowest BCUT2D eigenvalue weighted by Crippen LogP contribution is -2.18. The third-order valence-corrected chi connectivity index (χ3v) is 6.70. The quantitative estimate of drug-likeness (QED) is 0.319. The Balaban J connectivity index is 1.88. The van der Waals surface area contributed by atoms with Gasteiger partial charge in [-0.05, 0) is 36.4 Å². The van der Waals surface area contributed by atoms with Crippen LogP contribution in [0.25, 0.3) is 11.1 Å². The number of nitrogens with zero attached hydrogens (tertiary/aromatic N) is 1. The van der Waals surface area contributed by atoms with Gasteiger partial charge in [0.1, 0.15) is 11.5 Å². The van der Waals surface area contributed by atoms with Gasteiger partial charge in [0.15, 0.2) is 0 Å². The minimum absolute atomic E-state index is 0.484. The van der Waals surface area contributed by atoms with Crippen LogP contribution in [-0.4, -0.2) is 14.1 Å². The number of rotatable bonds is 7. The lowest BCUT2D eigenvalue weighted by molar-refractivity contribution is 0.399. The topological polar surface area (TPSA) is 38.8 Å². The first-order valence-electron chi connectivity index (χ1n) is 10.0. The summed E-state index contributed by atoms with van der Waals surface area (Å²) in [4.78, 5) is 2.03. The first kappa shape index (κ1) is 20.8. The Labute approximate surface area is 183 Å². The predicted octanol–water partition coefficient (Wildman–Crippen LogP) is 6.40. The molecule has 0 fully saturated rings. The fraction of sp³-hybridized carbons (Fsp3) is 0.0769. The van der Waals surface area contributed by atoms with E-state index in [9.17, 15) is 4.57 Å². The highest BCUT2D eigenvalue weighted by atomic mass is 31.2. The summed E-state index contributed by atoms with van der Waals surface area (Å²) >= 11 is 0. The molecule has 0 bridgehead atoms. The van der Waals surface area contributed by atoms with Gasteiger partial charge < -0.3 is 13.9 Å². The van der Waals surface area contributed by atoms with Crippen molar-refractivity contribution in [3.63, 3.8) is 0 Å². The molecule has 0 saturated heterocycles. The third-order valence-electron chi connectivity index (χ3n) is 4.81. The summed E-state index contributed by atoms with van der Waals surface area (Å²) in [5.74, 6) is 0.968. The van der Waals surface area contributed by atoms with E-state index in [0.717, 1.165) is 16.8 Å². The molecule has 4 aromatic carbocycles. The van der Waals surface area contributed by atoms with Crippen LogP contribution < -0.4 is 19.3 Å². The van der Waals surface area contributed by atoms with Crippen LogP contribution in [0.3, 0.4) is 0 Å². The number of hydrogen-bond donors (Lipinski definition) is 0. The van der Waals surface area contributed by atoms with Gasteiger partial charge in [0.25, 0.3) is 0 Å². The average molecular weight is 429 g/mol. The minimum atomic E-state index is -3.79. The smallest absolute Gasteiger partial charge is 0.413 e. The largest absolute Gasteiger partial charge is 0.463 e. The minimum Gasteiger partial charge on any atom is -0.413 e. The Bertz CT molecular complexity index is 1150. The molecule has 0 aliphatic carbocycles. The standard InChI is InChI=1S/C26H24NO3P/c1-27(2)25-19-11-9-17-23(25)24-18-10-12-20-26(24)31(28,29-21-13-5-3-6-14-21)30-22-15-7-4-8-16-22/h3-20H,1-2H3. The van der Waals surface area contributed by atoms with Gasteiger partial charge in [-0.3, -0.25) is 0 Å². The second-order valence-electron chi connectivity index (χ2n) is 7.23. The van der Waals surface area contributed by atoms with Crippen molar-refractivity contribution < 1.29 is 13.6 Å². The Morgan fingerprint density at radius 2 is 1.03 bits per heavy atom. The molecular weight excluding hydrogens is 405 g/mol. The van der Waals surface area contributed by atoms with Crippen LogP contribution in [0.4, 0.5) is 5.69 Å². The van der Waals surface area contributed by atoms with Crippen molar-refractivity contribution in [1.29, 1.82) is 0 Å². The van der Waals surface area contributed by atoms with Crippen LogP contribution >= 0.6 is 7.60 Å². The molecule has 0 aliphatic heterocycles. The summed E-state index contributed by atoms with van der Waals surface area (Å²) < 4.78 is 26.5. The molecule has 0 atom stereocenters. The van der Waals surface area contributed by atoms with E-state index in [1.807, 2.05) is 104 Å². The zero-order valence-electron chi connectivity index (χ0n) is 17.5. The molecular formula is C26H24NO3P. The molecule has 0 saturated carbocycles. The highest BCUT2D eigenvalue weighted by Crippen LogP contribution is 2.50.